The number of para-hydroxylation sites is 2. The van der Waals surface area contributed by atoms with Gasteiger partial charge in [0.05, 0.1) is 21.7 Å². The molecule has 0 N–H and O–H groups in total. The van der Waals surface area contributed by atoms with Crippen LogP contribution in [0.3, 0.4) is 0 Å². The second-order valence-electron chi connectivity index (χ2n) is 7.28. The van der Waals surface area contributed by atoms with Crippen molar-refractivity contribution in [2.24, 2.45) is 0 Å². The molecule has 0 unspecified atom stereocenters. The Morgan fingerprint density at radius 2 is 1.74 bits per heavy atom. The fourth-order valence-electron chi connectivity index (χ4n) is 3.97. The number of anilines is 2. The van der Waals surface area contributed by atoms with E-state index in [1.807, 2.05) is 29.2 Å². The molecular weight excluding hydrogens is 418 g/mol. The van der Waals surface area contributed by atoms with Crippen molar-refractivity contribution in [2.75, 3.05) is 42.2 Å². The molecule has 10 heteroatoms. The molecule has 2 aromatic carbocycles. The SMILES string of the molecule is CS(=O)(=O)c1cccc(N2CCN(c3c(C#N)cnc4ccccc34)CC2)c1[N+](=O)[O-]. The number of pyridine rings is 1. The first-order valence-electron chi connectivity index (χ1n) is 9.56. The van der Waals surface area contributed by atoms with Crippen LogP contribution in [0.1, 0.15) is 5.56 Å². The lowest BCUT2D eigenvalue weighted by Gasteiger charge is -2.37. The van der Waals surface area contributed by atoms with Gasteiger partial charge in [-0.2, -0.15) is 5.26 Å². The number of fused-ring (bicyclic) bond motifs is 1. The summed E-state index contributed by atoms with van der Waals surface area (Å²) < 4.78 is 24.1. The summed E-state index contributed by atoms with van der Waals surface area (Å²) in [6.07, 6.45) is 2.53. The monoisotopic (exact) mass is 437 g/mol. The van der Waals surface area contributed by atoms with E-state index in [0.29, 0.717) is 31.7 Å². The summed E-state index contributed by atoms with van der Waals surface area (Å²) in [7, 11) is -3.75. The normalized spacial score (nSPS) is 14.5. The maximum absolute atomic E-state index is 12.1. The van der Waals surface area contributed by atoms with Gasteiger partial charge in [0.2, 0.25) is 0 Å². The fourth-order valence-corrected chi connectivity index (χ4v) is 4.82. The molecule has 3 aromatic rings. The second-order valence-corrected chi connectivity index (χ2v) is 9.26. The zero-order valence-corrected chi connectivity index (χ0v) is 17.5. The first-order valence-corrected chi connectivity index (χ1v) is 11.5. The first kappa shape index (κ1) is 20.6. The first-order chi connectivity index (χ1) is 14.8. The van der Waals surface area contributed by atoms with Gasteiger partial charge in [-0.05, 0) is 18.2 Å². The van der Waals surface area contributed by atoms with E-state index in [4.69, 9.17) is 0 Å². The minimum absolute atomic E-state index is 0.285. The number of nitriles is 1. The van der Waals surface area contributed by atoms with Gasteiger partial charge < -0.3 is 9.80 Å². The van der Waals surface area contributed by atoms with Gasteiger partial charge in [-0.15, -0.1) is 0 Å². The predicted molar refractivity (Wildman–Crippen MR) is 117 cm³/mol. The van der Waals surface area contributed by atoms with Gasteiger partial charge in [0.25, 0.3) is 0 Å². The average molecular weight is 437 g/mol. The number of nitro benzene ring substituents is 1. The average Bonchev–Trinajstić information content (AvgIpc) is 2.77. The lowest BCUT2D eigenvalue weighted by molar-refractivity contribution is -0.387. The minimum Gasteiger partial charge on any atom is -0.366 e. The summed E-state index contributed by atoms with van der Waals surface area (Å²) in [6, 6.07) is 14.1. The molecule has 4 rings (SSSR count). The maximum Gasteiger partial charge on any atom is 0.311 e. The number of nitrogens with zero attached hydrogens (tertiary/aromatic N) is 5. The fraction of sp³-hybridized carbons (Fsp3) is 0.238. The van der Waals surface area contributed by atoms with Crippen molar-refractivity contribution in [2.45, 2.75) is 4.90 Å². The lowest BCUT2D eigenvalue weighted by Crippen LogP contribution is -2.47. The van der Waals surface area contributed by atoms with Crippen LogP contribution in [0.4, 0.5) is 17.1 Å². The van der Waals surface area contributed by atoms with E-state index >= 15 is 0 Å². The Morgan fingerprint density at radius 1 is 1.06 bits per heavy atom. The Kier molecular flexibility index (Phi) is 5.20. The molecule has 0 saturated carbocycles. The van der Waals surface area contributed by atoms with Gasteiger partial charge in [-0.3, -0.25) is 15.1 Å². The summed E-state index contributed by atoms with van der Waals surface area (Å²) in [5, 5.41) is 22.2. The van der Waals surface area contributed by atoms with E-state index in [9.17, 15) is 23.8 Å². The van der Waals surface area contributed by atoms with Crippen molar-refractivity contribution in [3.05, 3.63) is 64.3 Å². The second kappa shape index (κ2) is 7.85. The quantitative estimate of drug-likeness (QED) is 0.451. The lowest BCUT2D eigenvalue weighted by atomic mass is 10.1. The molecular formula is C21H19N5O4S. The summed E-state index contributed by atoms with van der Waals surface area (Å²) in [4.78, 5) is 19.0. The van der Waals surface area contributed by atoms with Gasteiger partial charge in [-0.1, -0.05) is 24.3 Å². The van der Waals surface area contributed by atoms with E-state index in [-0.39, 0.29) is 10.6 Å². The van der Waals surface area contributed by atoms with Crippen molar-refractivity contribution < 1.29 is 13.3 Å². The summed E-state index contributed by atoms with van der Waals surface area (Å²) in [5.41, 5.74) is 1.94. The molecule has 0 amide bonds. The zero-order valence-electron chi connectivity index (χ0n) is 16.7. The molecule has 1 fully saturated rings. The van der Waals surface area contributed by atoms with Crippen LogP contribution in [0.25, 0.3) is 10.9 Å². The number of hydrogen-bond donors (Lipinski definition) is 0. The topological polar surface area (TPSA) is 120 Å². The highest BCUT2D eigenvalue weighted by Crippen LogP contribution is 2.36. The Bertz CT molecular complexity index is 1330. The van der Waals surface area contributed by atoms with E-state index in [1.54, 1.807) is 12.3 Å². The van der Waals surface area contributed by atoms with Gasteiger partial charge >= 0.3 is 5.69 Å². The molecule has 31 heavy (non-hydrogen) atoms. The number of sulfone groups is 1. The van der Waals surface area contributed by atoms with E-state index in [1.165, 1.54) is 12.1 Å². The van der Waals surface area contributed by atoms with Gasteiger partial charge in [0.1, 0.15) is 16.7 Å². The van der Waals surface area contributed by atoms with Crippen molar-refractivity contribution in [1.29, 1.82) is 5.26 Å². The van der Waals surface area contributed by atoms with Crippen molar-refractivity contribution >= 4 is 37.8 Å². The molecule has 2 heterocycles. The Labute approximate surface area is 179 Å². The number of piperazine rings is 1. The van der Waals surface area contributed by atoms with Gasteiger partial charge in [0.15, 0.2) is 9.84 Å². The molecule has 1 aromatic heterocycles. The molecule has 0 bridgehead atoms. The molecule has 158 valence electrons. The third kappa shape index (κ3) is 3.75. The van der Waals surface area contributed by atoms with E-state index in [2.05, 4.69) is 16.0 Å². The van der Waals surface area contributed by atoms with E-state index < -0.39 is 20.4 Å². The summed E-state index contributed by atoms with van der Waals surface area (Å²) in [6.45, 7) is 1.91. The number of aromatic nitrogens is 1. The minimum atomic E-state index is -3.75. The van der Waals surface area contributed by atoms with Crippen molar-refractivity contribution in [3.63, 3.8) is 0 Å². The highest BCUT2D eigenvalue weighted by molar-refractivity contribution is 7.90. The number of rotatable bonds is 4. The van der Waals surface area contributed by atoms with Crippen LogP contribution in [-0.2, 0) is 9.84 Å². The zero-order chi connectivity index (χ0) is 22.2. The van der Waals surface area contributed by atoms with Crippen LogP contribution in [0.15, 0.2) is 53.6 Å². The molecule has 0 atom stereocenters. The molecule has 9 nitrogen and oxygen atoms in total. The van der Waals surface area contributed by atoms with Gasteiger partial charge in [-0.25, -0.2) is 8.42 Å². The molecule has 0 spiro atoms. The third-order valence-electron chi connectivity index (χ3n) is 5.36. The summed E-state index contributed by atoms with van der Waals surface area (Å²) >= 11 is 0. The van der Waals surface area contributed by atoms with Crippen molar-refractivity contribution in [3.8, 4) is 6.07 Å². The van der Waals surface area contributed by atoms with Crippen LogP contribution >= 0.6 is 0 Å². The maximum atomic E-state index is 12.1. The molecule has 1 aliphatic rings. The number of nitro groups is 1. The molecule has 1 aliphatic heterocycles. The molecule has 0 aliphatic carbocycles. The standard InChI is InChI=1S/C21H19N5O4S/c1-31(29,30)19-8-4-7-18(21(19)26(27)28)24-9-11-25(12-10-24)20-15(13-22)14-23-17-6-3-2-5-16(17)20/h2-8,14H,9-12H2,1H3. The smallest absolute Gasteiger partial charge is 0.311 e. The Morgan fingerprint density at radius 3 is 2.39 bits per heavy atom. The Balaban J connectivity index is 1.68. The largest absolute Gasteiger partial charge is 0.366 e. The van der Waals surface area contributed by atoms with E-state index in [0.717, 1.165) is 22.8 Å². The predicted octanol–water partition coefficient (Wildman–Crippen LogP) is 2.74. The Hall–Kier alpha value is -3.71. The molecule has 0 radical (unpaired) electrons. The van der Waals surface area contributed by atoms with Crippen LogP contribution < -0.4 is 9.80 Å². The highest BCUT2D eigenvalue weighted by atomic mass is 32.2. The van der Waals surface area contributed by atoms with Crippen LogP contribution in [0.5, 0.6) is 0 Å². The third-order valence-corrected chi connectivity index (χ3v) is 6.49. The van der Waals surface area contributed by atoms with Gasteiger partial charge in [0, 0.05) is 44.0 Å². The number of hydrogen-bond acceptors (Lipinski definition) is 8. The number of benzene rings is 2. The van der Waals surface area contributed by atoms with Crippen molar-refractivity contribution in [1.82, 2.24) is 4.98 Å². The van der Waals surface area contributed by atoms with Crippen LogP contribution in [-0.4, -0.2) is 50.8 Å². The van der Waals surface area contributed by atoms with Crippen LogP contribution in [0, 0.1) is 21.4 Å². The summed E-state index contributed by atoms with van der Waals surface area (Å²) in [5.74, 6) is 0. The highest BCUT2D eigenvalue weighted by Gasteiger charge is 2.31. The molecule has 1 saturated heterocycles. The van der Waals surface area contributed by atoms with Crippen LogP contribution in [0.2, 0.25) is 0 Å².